The lowest BCUT2D eigenvalue weighted by Gasteiger charge is -2.13. The minimum absolute atomic E-state index is 0.203. The van der Waals surface area contributed by atoms with Crippen LogP contribution >= 0.6 is 23.4 Å². The Morgan fingerprint density at radius 2 is 1.55 bits per heavy atom. The number of benzene rings is 2. The zero-order valence-corrected chi connectivity index (χ0v) is 19.9. The van der Waals surface area contributed by atoms with Crippen LogP contribution in [0.5, 0.6) is 0 Å². The van der Waals surface area contributed by atoms with Crippen molar-refractivity contribution in [1.29, 1.82) is 0 Å². The number of carbonyl (C=O) groups excluding carboxylic acids is 2. The lowest BCUT2D eigenvalue weighted by Crippen LogP contribution is -2.30. The average molecular weight is 485 g/mol. The number of nitrogens with zero attached hydrogens (tertiary/aromatic N) is 4. The Morgan fingerprint density at radius 1 is 0.879 bits per heavy atom. The Bertz CT molecular complexity index is 1120. The van der Waals surface area contributed by atoms with Crippen molar-refractivity contribution in [3.8, 4) is 11.4 Å². The summed E-state index contributed by atoms with van der Waals surface area (Å²) in [6, 6.07) is 14.6. The van der Waals surface area contributed by atoms with Gasteiger partial charge >= 0.3 is 0 Å². The average Bonchev–Trinajstić information content (AvgIpc) is 3.33. The fraction of sp³-hybridized carbons (Fsp3) is 0.333. The SMILES string of the molecule is COCCCn1c(SCCCCN2C(=O)c3ccccc3C2=O)nnc1-c1ccccc1Cl. The van der Waals surface area contributed by atoms with Gasteiger partial charge in [-0.3, -0.25) is 14.5 Å². The van der Waals surface area contributed by atoms with Crippen LogP contribution in [0.1, 0.15) is 40.0 Å². The summed E-state index contributed by atoms with van der Waals surface area (Å²) in [5.41, 5.74) is 1.84. The number of amides is 2. The number of unbranched alkanes of at least 4 members (excludes halogenated alkanes) is 1. The number of ether oxygens (including phenoxy) is 1. The third-order valence-electron chi connectivity index (χ3n) is 5.45. The molecule has 33 heavy (non-hydrogen) atoms. The molecule has 7 nitrogen and oxygen atoms in total. The maximum absolute atomic E-state index is 12.5. The van der Waals surface area contributed by atoms with E-state index in [1.54, 1.807) is 43.1 Å². The molecule has 172 valence electrons. The Kier molecular flexibility index (Phi) is 7.80. The molecule has 2 aromatic carbocycles. The van der Waals surface area contributed by atoms with Gasteiger partial charge in [-0.25, -0.2) is 0 Å². The second-order valence-electron chi connectivity index (χ2n) is 7.65. The molecule has 1 aliphatic rings. The quantitative estimate of drug-likeness (QED) is 0.221. The van der Waals surface area contributed by atoms with Gasteiger partial charge in [0.2, 0.25) is 0 Å². The second-order valence-corrected chi connectivity index (χ2v) is 9.12. The molecule has 3 aromatic rings. The number of carbonyl (C=O) groups is 2. The molecule has 0 spiro atoms. The summed E-state index contributed by atoms with van der Waals surface area (Å²) in [7, 11) is 1.69. The summed E-state index contributed by atoms with van der Waals surface area (Å²) in [5.74, 6) is 1.13. The van der Waals surface area contributed by atoms with Crippen LogP contribution in [0.2, 0.25) is 5.02 Å². The minimum Gasteiger partial charge on any atom is -0.385 e. The minimum atomic E-state index is -0.203. The molecule has 9 heteroatoms. The van der Waals surface area contributed by atoms with E-state index in [0.29, 0.717) is 29.3 Å². The molecule has 0 radical (unpaired) electrons. The van der Waals surface area contributed by atoms with Gasteiger partial charge in [0.15, 0.2) is 11.0 Å². The monoisotopic (exact) mass is 484 g/mol. The van der Waals surface area contributed by atoms with E-state index in [1.165, 1.54) is 4.90 Å². The van der Waals surface area contributed by atoms with Gasteiger partial charge in [-0.15, -0.1) is 10.2 Å². The van der Waals surface area contributed by atoms with Crippen molar-refractivity contribution in [1.82, 2.24) is 19.7 Å². The molecule has 4 rings (SSSR count). The molecule has 2 heterocycles. The molecule has 0 saturated heterocycles. The normalized spacial score (nSPS) is 13.1. The third kappa shape index (κ3) is 5.13. The van der Waals surface area contributed by atoms with Crippen molar-refractivity contribution in [2.24, 2.45) is 0 Å². The molecule has 0 unspecified atom stereocenters. The van der Waals surface area contributed by atoms with Gasteiger partial charge < -0.3 is 9.30 Å². The summed E-state index contributed by atoms with van der Waals surface area (Å²) in [6.07, 6.45) is 2.40. The summed E-state index contributed by atoms with van der Waals surface area (Å²) >= 11 is 8.01. The van der Waals surface area contributed by atoms with Crippen LogP contribution < -0.4 is 0 Å². The molecule has 0 atom stereocenters. The van der Waals surface area contributed by atoms with Gasteiger partial charge in [-0.1, -0.05) is 47.6 Å². The van der Waals surface area contributed by atoms with Gasteiger partial charge in [-0.05, 0) is 43.5 Å². The van der Waals surface area contributed by atoms with Crippen molar-refractivity contribution in [2.75, 3.05) is 26.0 Å². The van der Waals surface area contributed by atoms with E-state index in [4.69, 9.17) is 16.3 Å². The van der Waals surface area contributed by atoms with Crippen LogP contribution in [0.3, 0.4) is 0 Å². The first-order chi connectivity index (χ1) is 16.1. The van der Waals surface area contributed by atoms with E-state index < -0.39 is 0 Å². The number of thioether (sulfide) groups is 1. The van der Waals surface area contributed by atoms with E-state index in [1.807, 2.05) is 24.3 Å². The van der Waals surface area contributed by atoms with Gasteiger partial charge in [0.05, 0.1) is 16.1 Å². The van der Waals surface area contributed by atoms with Crippen LogP contribution in [-0.4, -0.2) is 57.5 Å². The molecule has 0 aliphatic carbocycles. The zero-order valence-electron chi connectivity index (χ0n) is 18.4. The molecular formula is C24H25ClN4O3S. The van der Waals surface area contributed by atoms with Gasteiger partial charge in [-0.2, -0.15) is 0 Å². The van der Waals surface area contributed by atoms with Crippen LogP contribution in [0.25, 0.3) is 11.4 Å². The van der Waals surface area contributed by atoms with Crippen molar-refractivity contribution in [3.63, 3.8) is 0 Å². The maximum Gasteiger partial charge on any atom is 0.261 e. The second kappa shape index (κ2) is 11.0. The van der Waals surface area contributed by atoms with Crippen molar-refractivity contribution >= 4 is 35.2 Å². The predicted molar refractivity (Wildman–Crippen MR) is 129 cm³/mol. The van der Waals surface area contributed by atoms with Gasteiger partial charge in [0, 0.05) is 38.1 Å². The summed E-state index contributed by atoms with van der Waals surface area (Å²) < 4.78 is 7.28. The van der Waals surface area contributed by atoms with Crippen LogP contribution in [0.4, 0.5) is 0 Å². The highest BCUT2D eigenvalue weighted by molar-refractivity contribution is 7.99. The summed E-state index contributed by atoms with van der Waals surface area (Å²) in [4.78, 5) is 26.3. The standard InChI is InChI=1S/C24H25ClN4O3S/c1-32-15-8-14-28-21(19-11-4-5-12-20(19)25)26-27-24(28)33-16-7-6-13-29-22(30)17-9-2-3-10-18(17)23(29)31/h2-5,9-12H,6-8,13-16H2,1H3. The molecule has 1 aromatic heterocycles. The molecular weight excluding hydrogens is 460 g/mol. The van der Waals surface area contributed by atoms with E-state index in [2.05, 4.69) is 14.8 Å². The molecule has 0 bridgehead atoms. The van der Waals surface area contributed by atoms with E-state index >= 15 is 0 Å². The Morgan fingerprint density at radius 3 is 2.21 bits per heavy atom. The fourth-order valence-electron chi connectivity index (χ4n) is 3.78. The first kappa shape index (κ1) is 23.5. The molecule has 0 N–H and O–H groups in total. The van der Waals surface area contributed by atoms with E-state index in [9.17, 15) is 9.59 Å². The number of hydrogen-bond donors (Lipinski definition) is 0. The van der Waals surface area contributed by atoms with Crippen molar-refractivity contribution in [3.05, 3.63) is 64.7 Å². The first-order valence-corrected chi connectivity index (χ1v) is 12.2. The Labute approximate surface area is 202 Å². The Hall–Kier alpha value is -2.68. The van der Waals surface area contributed by atoms with Gasteiger partial charge in [0.25, 0.3) is 11.8 Å². The summed E-state index contributed by atoms with van der Waals surface area (Å²) in [6.45, 7) is 1.78. The predicted octanol–water partition coefficient (Wildman–Crippen LogP) is 4.80. The van der Waals surface area contributed by atoms with Crippen molar-refractivity contribution in [2.45, 2.75) is 31.0 Å². The number of halogens is 1. The van der Waals surface area contributed by atoms with E-state index in [0.717, 1.165) is 48.1 Å². The maximum atomic E-state index is 12.5. The third-order valence-corrected chi connectivity index (χ3v) is 6.83. The first-order valence-electron chi connectivity index (χ1n) is 10.9. The van der Waals surface area contributed by atoms with E-state index in [-0.39, 0.29) is 11.8 Å². The van der Waals surface area contributed by atoms with Crippen molar-refractivity contribution < 1.29 is 14.3 Å². The van der Waals surface area contributed by atoms with Gasteiger partial charge in [0.1, 0.15) is 0 Å². The number of methoxy groups -OCH3 is 1. The van der Waals surface area contributed by atoms with Crippen LogP contribution in [-0.2, 0) is 11.3 Å². The number of imide groups is 1. The largest absolute Gasteiger partial charge is 0.385 e. The Balaban J connectivity index is 1.35. The number of fused-ring (bicyclic) bond motifs is 1. The van der Waals surface area contributed by atoms with Crippen LogP contribution in [0.15, 0.2) is 53.7 Å². The lowest BCUT2D eigenvalue weighted by molar-refractivity contribution is 0.0652. The lowest BCUT2D eigenvalue weighted by atomic mass is 10.1. The summed E-state index contributed by atoms with van der Waals surface area (Å²) in [5, 5.41) is 10.3. The molecule has 2 amide bonds. The highest BCUT2D eigenvalue weighted by Gasteiger charge is 2.34. The zero-order chi connectivity index (χ0) is 23.2. The highest BCUT2D eigenvalue weighted by Crippen LogP contribution is 2.30. The molecule has 1 aliphatic heterocycles. The molecule has 0 saturated carbocycles. The topological polar surface area (TPSA) is 77.3 Å². The number of rotatable bonds is 11. The number of hydrogen-bond acceptors (Lipinski definition) is 6. The number of aromatic nitrogens is 3. The highest BCUT2D eigenvalue weighted by atomic mass is 35.5. The molecule has 0 fully saturated rings. The van der Waals surface area contributed by atoms with Crippen LogP contribution in [0, 0.1) is 0 Å². The smallest absolute Gasteiger partial charge is 0.261 e. The fourth-order valence-corrected chi connectivity index (χ4v) is 4.97.